The highest BCUT2D eigenvalue weighted by atomic mass is 15.1. The van der Waals surface area contributed by atoms with E-state index in [4.69, 9.17) is 0 Å². The summed E-state index contributed by atoms with van der Waals surface area (Å²) < 4.78 is 0. The average Bonchev–Trinajstić information content (AvgIpc) is 2.02. The number of rotatable bonds is 0. The van der Waals surface area contributed by atoms with Gasteiger partial charge in [-0.15, -0.1) is 0 Å². The minimum Gasteiger partial charge on any atom is -0.317 e. The second kappa shape index (κ2) is 4.69. The summed E-state index contributed by atoms with van der Waals surface area (Å²) in [7, 11) is 2.21. The summed E-state index contributed by atoms with van der Waals surface area (Å²) in [6.45, 7) is 4.95. The summed E-state index contributed by atoms with van der Waals surface area (Å²) in [4.78, 5) is 2.42. The molecular formula is C8H18N2. The van der Waals surface area contributed by atoms with Crippen molar-refractivity contribution in [3.8, 4) is 0 Å². The van der Waals surface area contributed by atoms with Gasteiger partial charge in [0.1, 0.15) is 0 Å². The Kier molecular flexibility index (Phi) is 3.76. The highest BCUT2D eigenvalue weighted by Gasteiger charge is 2.00. The van der Waals surface area contributed by atoms with Crippen LogP contribution in [0, 0.1) is 0 Å². The lowest BCUT2D eigenvalue weighted by Gasteiger charge is -2.13. The van der Waals surface area contributed by atoms with Crippen LogP contribution in [0.1, 0.15) is 19.3 Å². The summed E-state index contributed by atoms with van der Waals surface area (Å²) in [5, 5.41) is 3.42. The van der Waals surface area contributed by atoms with Crippen LogP contribution in [0.15, 0.2) is 0 Å². The van der Waals surface area contributed by atoms with E-state index < -0.39 is 0 Å². The molecule has 2 nitrogen and oxygen atoms in total. The van der Waals surface area contributed by atoms with Gasteiger partial charge in [0.2, 0.25) is 0 Å². The highest BCUT2D eigenvalue weighted by molar-refractivity contribution is 4.58. The fourth-order valence-electron chi connectivity index (χ4n) is 1.34. The predicted molar refractivity (Wildman–Crippen MR) is 44.2 cm³/mol. The number of hydrogen-bond acceptors (Lipinski definition) is 2. The van der Waals surface area contributed by atoms with Gasteiger partial charge in [-0.2, -0.15) is 0 Å². The third-order valence-corrected chi connectivity index (χ3v) is 2.04. The summed E-state index contributed by atoms with van der Waals surface area (Å²) in [5.74, 6) is 0. The summed E-state index contributed by atoms with van der Waals surface area (Å²) in [5.41, 5.74) is 0. The van der Waals surface area contributed by atoms with Gasteiger partial charge in [0.15, 0.2) is 0 Å². The molecule has 60 valence electrons. The van der Waals surface area contributed by atoms with Crippen molar-refractivity contribution in [2.45, 2.75) is 19.3 Å². The molecule has 10 heavy (non-hydrogen) atoms. The zero-order valence-corrected chi connectivity index (χ0v) is 6.90. The van der Waals surface area contributed by atoms with Crippen molar-refractivity contribution in [2.75, 3.05) is 33.2 Å². The van der Waals surface area contributed by atoms with Crippen LogP contribution in [0.5, 0.6) is 0 Å². The lowest BCUT2D eigenvalue weighted by atomic mass is 10.3. The second-order valence-corrected chi connectivity index (χ2v) is 3.11. The third-order valence-electron chi connectivity index (χ3n) is 2.04. The molecule has 0 amide bonds. The molecule has 0 aromatic heterocycles. The van der Waals surface area contributed by atoms with Crippen molar-refractivity contribution in [1.29, 1.82) is 0 Å². The molecule has 0 aliphatic carbocycles. The Morgan fingerprint density at radius 3 is 2.60 bits per heavy atom. The SMILES string of the molecule is CN1CCCCNCCC1. The van der Waals surface area contributed by atoms with Gasteiger partial charge in [-0.25, -0.2) is 0 Å². The van der Waals surface area contributed by atoms with Crippen molar-refractivity contribution < 1.29 is 0 Å². The molecule has 0 bridgehead atoms. The zero-order valence-electron chi connectivity index (χ0n) is 6.90. The van der Waals surface area contributed by atoms with Crippen LogP contribution in [0.25, 0.3) is 0 Å². The first-order valence-electron chi connectivity index (χ1n) is 4.29. The van der Waals surface area contributed by atoms with Gasteiger partial charge in [-0.3, -0.25) is 0 Å². The van der Waals surface area contributed by atoms with E-state index in [0.717, 1.165) is 0 Å². The first kappa shape index (κ1) is 8.02. The topological polar surface area (TPSA) is 15.3 Å². The van der Waals surface area contributed by atoms with Crippen LogP contribution < -0.4 is 5.32 Å². The maximum Gasteiger partial charge on any atom is -0.000969 e. The lowest BCUT2D eigenvalue weighted by molar-refractivity contribution is 0.330. The van der Waals surface area contributed by atoms with Gasteiger partial charge in [-0.1, -0.05) is 0 Å². The van der Waals surface area contributed by atoms with Gasteiger partial charge in [-0.05, 0) is 52.5 Å². The molecule has 0 atom stereocenters. The van der Waals surface area contributed by atoms with Crippen LogP contribution >= 0.6 is 0 Å². The van der Waals surface area contributed by atoms with E-state index in [1.54, 1.807) is 0 Å². The highest BCUT2D eigenvalue weighted by Crippen LogP contribution is 1.95. The van der Waals surface area contributed by atoms with E-state index in [1.807, 2.05) is 0 Å². The van der Waals surface area contributed by atoms with Crippen molar-refractivity contribution in [3.63, 3.8) is 0 Å². The molecule has 1 aliphatic heterocycles. The van der Waals surface area contributed by atoms with Crippen LogP contribution in [0.4, 0.5) is 0 Å². The van der Waals surface area contributed by atoms with Crippen molar-refractivity contribution >= 4 is 0 Å². The minimum absolute atomic E-state index is 1.20. The molecule has 1 saturated heterocycles. The molecule has 0 aromatic rings. The Bertz CT molecular complexity index is 73.3. The third kappa shape index (κ3) is 3.18. The quantitative estimate of drug-likeness (QED) is 0.535. The van der Waals surface area contributed by atoms with Crippen molar-refractivity contribution in [2.24, 2.45) is 0 Å². The largest absolute Gasteiger partial charge is 0.317 e. The Morgan fingerprint density at radius 1 is 1.00 bits per heavy atom. The molecule has 0 radical (unpaired) electrons. The van der Waals surface area contributed by atoms with Gasteiger partial charge < -0.3 is 10.2 Å². The van der Waals surface area contributed by atoms with Crippen LogP contribution in [-0.2, 0) is 0 Å². The van der Waals surface area contributed by atoms with E-state index in [1.165, 1.54) is 45.4 Å². The fourth-order valence-corrected chi connectivity index (χ4v) is 1.34. The maximum atomic E-state index is 3.42. The first-order chi connectivity index (χ1) is 4.89. The van der Waals surface area contributed by atoms with Gasteiger partial charge in [0.25, 0.3) is 0 Å². The van der Waals surface area contributed by atoms with Gasteiger partial charge >= 0.3 is 0 Å². The number of nitrogens with one attached hydrogen (secondary N) is 1. The Labute approximate surface area is 63.6 Å². The normalized spacial score (nSPS) is 24.9. The van der Waals surface area contributed by atoms with E-state index in [0.29, 0.717) is 0 Å². The molecule has 0 saturated carbocycles. The van der Waals surface area contributed by atoms with Crippen LogP contribution in [0.3, 0.4) is 0 Å². The van der Waals surface area contributed by atoms with Crippen LogP contribution in [-0.4, -0.2) is 38.1 Å². The molecule has 0 unspecified atom stereocenters. The molecule has 0 spiro atoms. The second-order valence-electron chi connectivity index (χ2n) is 3.11. The summed E-state index contributed by atoms with van der Waals surface area (Å²) in [6, 6.07) is 0. The summed E-state index contributed by atoms with van der Waals surface area (Å²) >= 11 is 0. The van der Waals surface area contributed by atoms with E-state index in [2.05, 4.69) is 17.3 Å². The van der Waals surface area contributed by atoms with Gasteiger partial charge in [0, 0.05) is 0 Å². The first-order valence-corrected chi connectivity index (χ1v) is 4.29. The van der Waals surface area contributed by atoms with Gasteiger partial charge in [0.05, 0.1) is 0 Å². The Morgan fingerprint density at radius 2 is 1.70 bits per heavy atom. The molecular weight excluding hydrogens is 124 g/mol. The van der Waals surface area contributed by atoms with E-state index >= 15 is 0 Å². The standard InChI is InChI=1S/C8H18N2/c1-10-7-3-2-5-9-6-4-8-10/h9H,2-8H2,1H3. The molecule has 1 rings (SSSR count). The molecule has 1 aliphatic rings. The number of nitrogens with zero attached hydrogens (tertiary/aromatic N) is 1. The molecule has 0 aromatic carbocycles. The molecule has 2 heteroatoms. The van der Waals surface area contributed by atoms with Crippen molar-refractivity contribution in [1.82, 2.24) is 10.2 Å². The maximum absolute atomic E-state index is 3.42. The zero-order chi connectivity index (χ0) is 7.23. The molecule has 1 N–H and O–H groups in total. The monoisotopic (exact) mass is 142 g/mol. The smallest absolute Gasteiger partial charge is 0.000969 e. The molecule has 1 fully saturated rings. The predicted octanol–water partition coefficient (Wildman–Crippen LogP) is 0.692. The summed E-state index contributed by atoms with van der Waals surface area (Å²) in [6.07, 6.45) is 3.99. The minimum atomic E-state index is 1.20. The van der Waals surface area contributed by atoms with E-state index in [-0.39, 0.29) is 0 Å². The van der Waals surface area contributed by atoms with Crippen LogP contribution in [0.2, 0.25) is 0 Å². The van der Waals surface area contributed by atoms with Crippen molar-refractivity contribution in [3.05, 3.63) is 0 Å². The fraction of sp³-hybridized carbons (Fsp3) is 1.00. The Balaban J connectivity index is 2.15. The van der Waals surface area contributed by atoms with E-state index in [9.17, 15) is 0 Å². The number of hydrogen-bond donors (Lipinski definition) is 1. The lowest BCUT2D eigenvalue weighted by Crippen LogP contribution is -2.22. The average molecular weight is 142 g/mol. The Hall–Kier alpha value is -0.0800. The molecule has 1 heterocycles.